The first-order chi connectivity index (χ1) is 21.4. The molecular formula is C32H42BrFN8O3. The van der Waals surface area contributed by atoms with E-state index in [2.05, 4.69) is 47.0 Å². The van der Waals surface area contributed by atoms with E-state index < -0.39 is 5.60 Å². The molecule has 13 heteroatoms. The highest BCUT2D eigenvalue weighted by Crippen LogP contribution is 2.28. The van der Waals surface area contributed by atoms with Crippen molar-refractivity contribution in [3.8, 4) is 11.4 Å². The van der Waals surface area contributed by atoms with E-state index in [0.29, 0.717) is 36.9 Å². The molecule has 2 aliphatic heterocycles. The topological polar surface area (TPSA) is 118 Å². The highest BCUT2D eigenvalue weighted by molar-refractivity contribution is 9.10. The van der Waals surface area contributed by atoms with E-state index in [1.165, 1.54) is 12.1 Å². The molecule has 242 valence electrons. The number of halogens is 2. The van der Waals surface area contributed by atoms with Gasteiger partial charge in [0.1, 0.15) is 11.4 Å². The standard InChI is InChI=1S/C32H42BrFN8O3/c1-32(2,3)45-31(44)42-13-11-28(36-30(43)35-27-16-23(15-25(33)17-27)29-37-38-39-40(29)4)24(20-42)19-41-12-5-6-22(18-41)14-21-7-9-26(34)10-8-21/h7-10,15-17,22,24,28H,5-6,11-14,18-20H2,1-4H3,(H2,35,36,43)/t22?,24-,28-/m1/s1. The van der Waals surface area contributed by atoms with Crippen LogP contribution in [0, 0.1) is 17.7 Å². The van der Waals surface area contributed by atoms with Crippen molar-refractivity contribution < 1.29 is 18.7 Å². The van der Waals surface area contributed by atoms with Crippen molar-refractivity contribution in [3.63, 3.8) is 0 Å². The van der Waals surface area contributed by atoms with Crippen molar-refractivity contribution in [1.29, 1.82) is 0 Å². The summed E-state index contributed by atoms with van der Waals surface area (Å²) < 4.78 is 21.5. The summed E-state index contributed by atoms with van der Waals surface area (Å²) in [5.74, 6) is 0.818. The number of piperidine rings is 2. The minimum absolute atomic E-state index is 0.00405. The van der Waals surface area contributed by atoms with E-state index >= 15 is 0 Å². The Hall–Kier alpha value is -3.58. The van der Waals surface area contributed by atoms with Crippen molar-refractivity contribution >= 4 is 33.7 Å². The third-order valence-electron chi connectivity index (χ3n) is 8.27. The van der Waals surface area contributed by atoms with Crippen LogP contribution in [0.15, 0.2) is 46.9 Å². The molecule has 0 bridgehead atoms. The molecular weight excluding hydrogens is 643 g/mol. The van der Waals surface area contributed by atoms with Crippen molar-refractivity contribution in [1.82, 2.24) is 35.3 Å². The molecule has 2 aromatic carbocycles. The first kappa shape index (κ1) is 32.8. The van der Waals surface area contributed by atoms with Crippen LogP contribution in [-0.2, 0) is 18.2 Å². The molecule has 2 aliphatic rings. The Morgan fingerprint density at radius 1 is 1.09 bits per heavy atom. The van der Waals surface area contributed by atoms with E-state index in [-0.39, 0.29) is 29.9 Å². The third kappa shape index (κ3) is 9.23. The minimum atomic E-state index is -0.591. The Bertz CT molecular complexity index is 1480. The zero-order chi connectivity index (χ0) is 32.1. The second-order valence-corrected chi connectivity index (χ2v) is 14.0. The van der Waals surface area contributed by atoms with Gasteiger partial charge in [-0.3, -0.25) is 0 Å². The fourth-order valence-corrected chi connectivity index (χ4v) is 6.76. The number of anilines is 1. The molecule has 1 unspecified atom stereocenters. The number of benzene rings is 2. The molecule has 2 N–H and O–H groups in total. The summed E-state index contributed by atoms with van der Waals surface area (Å²) >= 11 is 3.52. The smallest absolute Gasteiger partial charge is 0.410 e. The van der Waals surface area contributed by atoms with E-state index in [0.717, 1.165) is 54.5 Å². The molecule has 3 amide bonds. The normalized spacial score (nSPS) is 20.9. The Balaban J connectivity index is 1.26. The van der Waals surface area contributed by atoms with Crippen LogP contribution in [0.25, 0.3) is 11.4 Å². The number of rotatable bonds is 7. The van der Waals surface area contributed by atoms with Crippen molar-refractivity contribution in [2.24, 2.45) is 18.9 Å². The van der Waals surface area contributed by atoms with Crippen LogP contribution in [0.1, 0.15) is 45.6 Å². The second kappa shape index (κ2) is 14.2. The molecule has 0 saturated carbocycles. The van der Waals surface area contributed by atoms with Crippen LogP contribution < -0.4 is 10.6 Å². The maximum Gasteiger partial charge on any atom is 0.410 e. The van der Waals surface area contributed by atoms with Crippen molar-refractivity contribution in [2.75, 3.05) is 38.0 Å². The molecule has 0 radical (unpaired) electrons. The number of carbonyl (C=O) groups is 2. The number of ether oxygens (including phenoxy) is 1. The molecule has 3 heterocycles. The number of likely N-dealkylation sites (tertiary alicyclic amines) is 2. The lowest BCUT2D eigenvalue weighted by atomic mass is 9.88. The van der Waals surface area contributed by atoms with Crippen molar-refractivity contribution in [3.05, 3.63) is 58.3 Å². The number of carbonyl (C=O) groups excluding carboxylic acids is 2. The monoisotopic (exact) mass is 684 g/mol. The zero-order valence-electron chi connectivity index (χ0n) is 26.3. The van der Waals surface area contributed by atoms with Gasteiger partial charge in [0.05, 0.1) is 0 Å². The summed E-state index contributed by atoms with van der Waals surface area (Å²) in [4.78, 5) is 30.6. The summed E-state index contributed by atoms with van der Waals surface area (Å²) in [7, 11) is 1.76. The van der Waals surface area contributed by atoms with Gasteiger partial charge < -0.3 is 25.2 Å². The average Bonchev–Trinajstić information content (AvgIpc) is 3.40. The Morgan fingerprint density at radius 2 is 1.87 bits per heavy atom. The molecule has 0 spiro atoms. The SMILES string of the molecule is Cn1nnnc1-c1cc(Br)cc(NC(=O)N[C@@H]2CCN(C(=O)OC(C)(C)C)C[C@H]2CN2CCCC(Cc3ccc(F)cc3)C2)c1. The number of aromatic nitrogens is 4. The average molecular weight is 686 g/mol. The highest BCUT2D eigenvalue weighted by atomic mass is 79.9. The molecule has 3 aromatic rings. The van der Waals surface area contributed by atoms with Crippen LogP contribution in [0.2, 0.25) is 0 Å². The first-order valence-electron chi connectivity index (χ1n) is 15.5. The van der Waals surface area contributed by atoms with Crippen LogP contribution >= 0.6 is 15.9 Å². The Labute approximate surface area is 272 Å². The van der Waals surface area contributed by atoms with Gasteiger partial charge in [0.15, 0.2) is 5.82 Å². The predicted octanol–water partition coefficient (Wildman–Crippen LogP) is 5.48. The number of aryl methyl sites for hydroxylation is 1. The van der Waals surface area contributed by atoms with Crippen LogP contribution in [-0.4, -0.2) is 86.5 Å². The number of urea groups is 1. The molecule has 2 saturated heterocycles. The van der Waals surface area contributed by atoms with E-state index in [4.69, 9.17) is 4.74 Å². The zero-order valence-corrected chi connectivity index (χ0v) is 27.9. The van der Waals surface area contributed by atoms with Gasteiger partial charge in [-0.05, 0) is 105 Å². The molecule has 11 nitrogen and oxygen atoms in total. The number of hydrogen-bond acceptors (Lipinski definition) is 7. The maximum absolute atomic E-state index is 13.4. The third-order valence-corrected chi connectivity index (χ3v) is 8.73. The fourth-order valence-electron chi connectivity index (χ4n) is 6.27. The van der Waals surface area contributed by atoms with Crippen LogP contribution in [0.3, 0.4) is 0 Å². The fraction of sp³-hybridized carbons (Fsp3) is 0.531. The molecule has 2 fully saturated rings. The molecule has 45 heavy (non-hydrogen) atoms. The van der Waals surface area contributed by atoms with Gasteiger partial charge in [0, 0.05) is 60.9 Å². The summed E-state index contributed by atoms with van der Waals surface area (Å²) in [5, 5.41) is 17.9. The summed E-state index contributed by atoms with van der Waals surface area (Å²) in [6.07, 6.45) is 3.36. The van der Waals surface area contributed by atoms with E-state index in [9.17, 15) is 14.0 Å². The number of nitrogens with one attached hydrogen (secondary N) is 2. The molecule has 1 aromatic heterocycles. The highest BCUT2D eigenvalue weighted by Gasteiger charge is 2.36. The van der Waals surface area contributed by atoms with Gasteiger partial charge in [0.2, 0.25) is 0 Å². The van der Waals surface area contributed by atoms with Crippen LogP contribution in [0.5, 0.6) is 0 Å². The van der Waals surface area contributed by atoms with Gasteiger partial charge in [0.25, 0.3) is 0 Å². The number of nitrogens with zero attached hydrogens (tertiary/aromatic N) is 6. The molecule has 0 aliphatic carbocycles. The lowest BCUT2D eigenvalue weighted by Crippen LogP contribution is -2.57. The van der Waals surface area contributed by atoms with Crippen LogP contribution in [0.4, 0.5) is 19.7 Å². The van der Waals surface area contributed by atoms with Gasteiger partial charge in [-0.15, -0.1) is 5.10 Å². The Kier molecular flexibility index (Phi) is 10.4. The van der Waals surface area contributed by atoms with Crippen molar-refractivity contribution in [2.45, 2.75) is 58.1 Å². The summed E-state index contributed by atoms with van der Waals surface area (Å²) in [6, 6.07) is 11.9. The maximum atomic E-state index is 13.4. The predicted molar refractivity (Wildman–Crippen MR) is 173 cm³/mol. The number of tetrazole rings is 1. The largest absolute Gasteiger partial charge is 0.444 e. The summed E-state index contributed by atoms with van der Waals surface area (Å²) in [6.45, 7) is 9.18. The lowest BCUT2D eigenvalue weighted by Gasteiger charge is -2.42. The number of hydrogen-bond donors (Lipinski definition) is 2. The van der Waals surface area contributed by atoms with E-state index in [1.54, 1.807) is 16.6 Å². The van der Waals surface area contributed by atoms with Gasteiger partial charge in [-0.2, -0.15) is 0 Å². The molecule has 3 atom stereocenters. The van der Waals surface area contributed by atoms with Gasteiger partial charge in [-0.1, -0.05) is 28.1 Å². The van der Waals surface area contributed by atoms with E-state index in [1.807, 2.05) is 51.1 Å². The molecule has 5 rings (SSSR count). The number of amides is 3. The van der Waals surface area contributed by atoms with Gasteiger partial charge in [-0.25, -0.2) is 18.7 Å². The second-order valence-electron chi connectivity index (χ2n) is 13.1. The minimum Gasteiger partial charge on any atom is -0.444 e. The Morgan fingerprint density at radius 3 is 2.58 bits per heavy atom. The lowest BCUT2D eigenvalue weighted by molar-refractivity contribution is 0.00960. The quantitative estimate of drug-likeness (QED) is 0.339. The first-order valence-corrected chi connectivity index (χ1v) is 16.3. The van der Waals surface area contributed by atoms with Gasteiger partial charge >= 0.3 is 12.1 Å². The summed E-state index contributed by atoms with van der Waals surface area (Å²) in [5.41, 5.74) is 1.91.